The molecule has 3 rings (SSSR count). The molecule has 2 atom stereocenters. The fourth-order valence-electron chi connectivity index (χ4n) is 3.72. The van der Waals surface area contributed by atoms with Gasteiger partial charge in [0.15, 0.2) is 16.4 Å². The molecule has 10 heteroatoms. The predicted molar refractivity (Wildman–Crippen MR) is 105 cm³/mol. The average molecular weight is 423 g/mol. The summed E-state index contributed by atoms with van der Waals surface area (Å²) in [5, 5.41) is 0. The Kier molecular flexibility index (Phi) is 6.11. The summed E-state index contributed by atoms with van der Waals surface area (Å²) in [7, 11) is -3.12. The zero-order valence-corrected chi connectivity index (χ0v) is 17.3. The molecule has 2 heterocycles. The second kappa shape index (κ2) is 8.40. The van der Waals surface area contributed by atoms with Crippen LogP contribution in [0, 0.1) is 19.8 Å². The van der Waals surface area contributed by atoms with Crippen molar-refractivity contribution in [3.8, 4) is 5.75 Å². The highest BCUT2D eigenvalue weighted by Gasteiger charge is 2.41. The molecule has 0 bridgehead atoms. The van der Waals surface area contributed by atoms with Crippen LogP contribution in [0.3, 0.4) is 0 Å². The van der Waals surface area contributed by atoms with E-state index in [-0.39, 0.29) is 43.0 Å². The molecule has 2 aliphatic rings. The van der Waals surface area contributed by atoms with Crippen LogP contribution in [0.15, 0.2) is 18.2 Å². The van der Waals surface area contributed by atoms with Crippen LogP contribution in [-0.4, -0.2) is 61.7 Å². The van der Waals surface area contributed by atoms with Gasteiger partial charge in [-0.3, -0.25) is 25.2 Å². The van der Waals surface area contributed by atoms with Gasteiger partial charge < -0.3 is 9.64 Å². The van der Waals surface area contributed by atoms with Gasteiger partial charge >= 0.3 is 0 Å². The first kappa shape index (κ1) is 21.1. The number of nitrogens with one attached hydrogen (secondary N) is 2. The molecule has 2 fully saturated rings. The number of sulfone groups is 1. The fourth-order valence-corrected chi connectivity index (χ4v) is 5.45. The quantitative estimate of drug-likeness (QED) is 0.636. The van der Waals surface area contributed by atoms with E-state index in [1.807, 2.05) is 32.0 Å². The summed E-state index contributed by atoms with van der Waals surface area (Å²) >= 11 is 0. The number of carbonyl (C=O) groups excluding carboxylic acids is 3. The molecule has 3 amide bonds. The lowest BCUT2D eigenvalue weighted by atomic mass is 10.1. The zero-order valence-electron chi connectivity index (χ0n) is 16.4. The minimum atomic E-state index is -3.12. The zero-order chi connectivity index (χ0) is 21.2. The molecule has 2 unspecified atom stereocenters. The molecule has 2 N–H and O–H groups in total. The number of carbonyl (C=O) groups is 3. The summed E-state index contributed by atoms with van der Waals surface area (Å²) in [4.78, 5) is 37.9. The number of benzene rings is 1. The molecule has 0 aromatic heterocycles. The fraction of sp³-hybridized carbons (Fsp3) is 0.526. The minimum absolute atomic E-state index is 0.00282. The first-order valence-electron chi connectivity index (χ1n) is 9.44. The van der Waals surface area contributed by atoms with Crippen LogP contribution in [-0.2, 0) is 24.2 Å². The number of amides is 3. The van der Waals surface area contributed by atoms with E-state index in [9.17, 15) is 22.8 Å². The Bertz CT molecular complexity index is 910. The number of hydrogen-bond donors (Lipinski definition) is 2. The van der Waals surface area contributed by atoms with Gasteiger partial charge in [-0.2, -0.15) is 0 Å². The minimum Gasteiger partial charge on any atom is -0.483 e. The van der Waals surface area contributed by atoms with Crippen molar-refractivity contribution in [1.29, 1.82) is 0 Å². The first-order valence-corrected chi connectivity index (χ1v) is 11.3. The van der Waals surface area contributed by atoms with Gasteiger partial charge in [0.1, 0.15) is 5.75 Å². The van der Waals surface area contributed by atoms with Gasteiger partial charge in [-0.05, 0) is 31.4 Å². The van der Waals surface area contributed by atoms with Crippen molar-refractivity contribution >= 4 is 27.6 Å². The van der Waals surface area contributed by atoms with Gasteiger partial charge in [-0.1, -0.05) is 18.2 Å². The molecule has 2 saturated heterocycles. The Balaban J connectivity index is 1.46. The molecular formula is C19H25N3O6S. The highest BCUT2D eigenvalue weighted by atomic mass is 32.2. The number of hydrogen-bond acceptors (Lipinski definition) is 6. The van der Waals surface area contributed by atoms with Crippen LogP contribution in [0.1, 0.15) is 24.0 Å². The summed E-state index contributed by atoms with van der Waals surface area (Å²) in [6.45, 7) is 3.64. The van der Waals surface area contributed by atoms with E-state index in [1.54, 1.807) is 0 Å². The van der Waals surface area contributed by atoms with Crippen LogP contribution in [0.5, 0.6) is 5.75 Å². The van der Waals surface area contributed by atoms with Crippen molar-refractivity contribution in [3.63, 3.8) is 0 Å². The van der Waals surface area contributed by atoms with Gasteiger partial charge in [-0.25, -0.2) is 8.42 Å². The molecule has 2 aliphatic heterocycles. The molecule has 0 saturated carbocycles. The number of likely N-dealkylation sites (tertiary alicyclic amines) is 1. The highest BCUT2D eigenvalue weighted by molar-refractivity contribution is 7.91. The van der Waals surface area contributed by atoms with E-state index in [0.717, 1.165) is 11.1 Å². The van der Waals surface area contributed by atoms with Crippen molar-refractivity contribution in [2.75, 3.05) is 24.7 Å². The third-order valence-corrected chi connectivity index (χ3v) is 7.01. The van der Waals surface area contributed by atoms with E-state index < -0.39 is 27.6 Å². The average Bonchev–Trinajstić information content (AvgIpc) is 3.21. The van der Waals surface area contributed by atoms with E-state index in [0.29, 0.717) is 12.2 Å². The second-order valence-corrected chi connectivity index (χ2v) is 9.78. The van der Waals surface area contributed by atoms with Crippen LogP contribution < -0.4 is 15.6 Å². The normalized spacial score (nSPS) is 23.1. The Labute approximate surface area is 169 Å². The number of hydrazine groups is 1. The van der Waals surface area contributed by atoms with Crippen molar-refractivity contribution in [2.24, 2.45) is 5.92 Å². The number of ether oxygens (including phenoxy) is 1. The smallest absolute Gasteiger partial charge is 0.276 e. The Morgan fingerprint density at radius 2 is 1.90 bits per heavy atom. The Hall–Kier alpha value is -2.62. The van der Waals surface area contributed by atoms with E-state index >= 15 is 0 Å². The molecule has 1 aromatic rings. The van der Waals surface area contributed by atoms with Crippen LogP contribution in [0.25, 0.3) is 0 Å². The number of para-hydroxylation sites is 1. The Morgan fingerprint density at radius 3 is 2.52 bits per heavy atom. The lowest BCUT2D eigenvalue weighted by Crippen LogP contribution is -2.47. The molecule has 1 aromatic carbocycles. The SMILES string of the molecule is Cc1cccc(C)c1OCC(=O)NNC(=O)C1CC(=O)N(C2CCS(=O)(=O)C2)C1. The van der Waals surface area contributed by atoms with Gasteiger partial charge in [0, 0.05) is 19.0 Å². The van der Waals surface area contributed by atoms with Crippen molar-refractivity contribution < 1.29 is 27.5 Å². The number of rotatable bonds is 5. The third-order valence-electron chi connectivity index (χ3n) is 5.26. The summed E-state index contributed by atoms with van der Waals surface area (Å²) in [6, 6.07) is 5.27. The molecule has 9 nitrogen and oxygen atoms in total. The maximum Gasteiger partial charge on any atom is 0.276 e. The number of nitrogens with zero attached hydrogens (tertiary/aromatic N) is 1. The van der Waals surface area contributed by atoms with Gasteiger partial charge in [0.25, 0.3) is 5.91 Å². The summed E-state index contributed by atoms with van der Waals surface area (Å²) in [6.07, 6.45) is 0.395. The van der Waals surface area contributed by atoms with E-state index in [1.165, 1.54) is 4.90 Å². The van der Waals surface area contributed by atoms with E-state index in [2.05, 4.69) is 10.9 Å². The molecule has 0 aliphatic carbocycles. The van der Waals surface area contributed by atoms with Crippen LogP contribution in [0.2, 0.25) is 0 Å². The topological polar surface area (TPSA) is 122 Å². The molecule has 0 spiro atoms. The lowest BCUT2D eigenvalue weighted by Gasteiger charge is -2.22. The van der Waals surface area contributed by atoms with Gasteiger partial charge in [0.2, 0.25) is 11.8 Å². The van der Waals surface area contributed by atoms with Crippen molar-refractivity contribution in [2.45, 2.75) is 32.7 Å². The highest BCUT2D eigenvalue weighted by Crippen LogP contribution is 2.26. The molecule has 158 valence electrons. The Morgan fingerprint density at radius 1 is 1.21 bits per heavy atom. The predicted octanol–water partition coefficient (Wildman–Crippen LogP) is -0.135. The van der Waals surface area contributed by atoms with E-state index in [4.69, 9.17) is 4.74 Å². The molecule has 29 heavy (non-hydrogen) atoms. The summed E-state index contributed by atoms with van der Waals surface area (Å²) < 4.78 is 28.8. The summed E-state index contributed by atoms with van der Waals surface area (Å²) in [5.74, 6) is -1.25. The van der Waals surface area contributed by atoms with Gasteiger partial charge in [-0.15, -0.1) is 0 Å². The first-order chi connectivity index (χ1) is 13.7. The maximum absolute atomic E-state index is 12.3. The van der Waals surface area contributed by atoms with Crippen molar-refractivity contribution in [1.82, 2.24) is 15.8 Å². The third kappa shape index (κ3) is 5.06. The van der Waals surface area contributed by atoms with Crippen LogP contribution >= 0.6 is 0 Å². The molecular weight excluding hydrogens is 398 g/mol. The summed E-state index contributed by atoms with van der Waals surface area (Å²) in [5.41, 5.74) is 6.42. The maximum atomic E-state index is 12.3. The molecule has 0 radical (unpaired) electrons. The number of aryl methyl sites for hydroxylation is 2. The van der Waals surface area contributed by atoms with Gasteiger partial charge in [0.05, 0.1) is 17.4 Å². The van der Waals surface area contributed by atoms with Crippen LogP contribution in [0.4, 0.5) is 0 Å². The van der Waals surface area contributed by atoms with Crippen molar-refractivity contribution in [3.05, 3.63) is 29.3 Å². The largest absolute Gasteiger partial charge is 0.483 e. The lowest BCUT2D eigenvalue weighted by molar-refractivity contribution is -0.132. The standard InChI is InChI=1S/C19H25N3O6S/c1-12-4-3-5-13(2)18(12)28-10-16(23)20-21-19(25)14-8-17(24)22(9-14)15-6-7-29(26,27)11-15/h3-5,14-15H,6-11H2,1-2H3,(H,20,23)(H,21,25). The second-order valence-electron chi connectivity index (χ2n) is 7.55. The monoisotopic (exact) mass is 423 g/mol.